The zero-order valence-corrected chi connectivity index (χ0v) is 19.1. The minimum absolute atomic E-state index is 0.131. The molecule has 1 atom stereocenters. The van der Waals surface area contributed by atoms with Crippen LogP contribution in [-0.4, -0.2) is 54.2 Å². The molecule has 0 amide bonds. The highest BCUT2D eigenvalue weighted by atomic mass is 32.1. The molecule has 0 aromatic heterocycles. The number of rotatable bonds is 6. The normalized spacial score (nSPS) is 16.0. The van der Waals surface area contributed by atoms with Gasteiger partial charge in [-0.05, 0) is 63.1 Å². The highest BCUT2D eigenvalue weighted by Crippen LogP contribution is 2.24. The number of hydrogen-bond acceptors (Lipinski definition) is 5. The third-order valence-electron chi connectivity index (χ3n) is 5.28. The van der Waals surface area contributed by atoms with Crippen LogP contribution in [-0.2, 0) is 6.42 Å². The molecule has 2 N–H and O–H groups in total. The van der Waals surface area contributed by atoms with Crippen molar-refractivity contribution >= 4 is 25.2 Å². The maximum atomic E-state index is 9.53. The molecule has 0 saturated carbocycles. The molecule has 0 aliphatic carbocycles. The van der Waals surface area contributed by atoms with Crippen LogP contribution in [0, 0.1) is 26.2 Å². The van der Waals surface area contributed by atoms with E-state index in [9.17, 15) is 5.11 Å². The Bertz CT molecular complexity index is 852. The fraction of sp³-hybridized carbons (Fsp3) is 0.417. The molecule has 1 aliphatic rings. The second kappa shape index (κ2) is 11.9. The molecule has 1 unspecified atom stereocenters. The Balaban J connectivity index is 0.000000248. The van der Waals surface area contributed by atoms with Crippen LogP contribution in [0.4, 0.5) is 0 Å². The first-order valence-electron chi connectivity index (χ1n) is 10.2. The van der Waals surface area contributed by atoms with Crippen molar-refractivity contribution in [3.8, 4) is 5.75 Å². The Labute approximate surface area is 185 Å². The van der Waals surface area contributed by atoms with Gasteiger partial charge in [-0.25, -0.2) is 4.99 Å². The minimum atomic E-state index is -0.131. The molecule has 162 valence electrons. The van der Waals surface area contributed by atoms with Gasteiger partial charge >= 0.3 is 0 Å². The van der Waals surface area contributed by atoms with Gasteiger partial charge in [-0.15, -0.1) is 12.6 Å². The number of nitrogens with zero attached hydrogens (tertiary/aromatic N) is 2. The lowest BCUT2D eigenvalue weighted by atomic mass is 10.0. The molecule has 2 aromatic rings. The zero-order valence-electron chi connectivity index (χ0n) is 18.2. The van der Waals surface area contributed by atoms with Crippen molar-refractivity contribution in [1.82, 2.24) is 4.90 Å². The number of thiol groups is 1. The van der Waals surface area contributed by atoms with Crippen molar-refractivity contribution < 1.29 is 9.84 Å². The summed E-state index contributed by atoms with van der Waals surface area (Å²) in [6.45, 7) is 12.3. The second-order valence-corrected chi connectivity index (χ2v) is 7.94. The summed E-state index contributed by atoms with van der Waals surface area (Å²) in [5, 5.41) is 16.8. The summed E-state index contributed by atoms with van der Waals surface area (Å²) in [6, 6.07) is 11.9. The summed E-state index contributed by atoms with van der Waals surface area (Å²) < 4.78 is 5.49. The standard InChI is InChI=1S/C15H23NO2S.C9H10N2/c1-11-8-15(18-10-19)12(2)7-13(11)3-5-16-6-4-14(17)9-16;1-7-3-5-8(6-4-7)9(10)11-2/h7-8,14,17,19H,3-6,9-10H2,1-2H3;3-6,10H,2H2,1H3. The molecule has 1 saturated heterocycles. The van der Waals surface area contributed by atoms with Crippen molar-refractivity contribution in [3.05, 3.63) is 64.2 Å². The molecule has 0 spiro atoms. The SMILES string of the molecule is C=NC(=N)c1ccc(C)cc1.Cc1cc(OCS)c(C)cc1CCN1CCC(O)C1. The molecule has 5 nitrogen and oxygen atoms in total. The van der Waals surface area contributed by atoms with Gasteiger partial charge in [0.15, 0.2) is 5.84 Å². The summed E-state index contributed by atoms with van der Waals surface area (Å²) in [7, 11) is 0. The molecule has 6 heteroatoms. The van der Waals surface area contributed by atoms with Gasteiger partial charge in [-0.2, -0.15) is 0 Å². The highest BCUT2D eigenvalue weighted by Gasteiger charge is 2.19. The number of amidine groups is 1. The van der Waals surface area contributed by atoms with E-state index < -0.39 is 0 Å². The maximum Gasteiger partial charge on any atom is 0.151 e. The lowest BCUT2D eigenvalue weighted by molar-refractivity contribution is 0.177. The second-order valence-electron chi connectivity index (χ2n) is 7.68. The van der Waals surface area contributed by atoms with E-state index in [0.29, 0.717) is 5.94 Å². The number of aryl methyl sites for hydroxylation is 3. The van der Waals surface area contributed by atoms with E-state index in [1.54, 1.807) is 0 Å². The topological polar surface area (TPSA) is 68.9 Å². The first-order chi connectivity index (χ1) is 14.3. The predicted molar refractivity (Wildman–Crippen MR) is 129 cm³/mol. The van der Waals surface area contributed by atoms with Crippen LogP contribution in [0.2, 0.25) is 0 Å². The molecule has 0 bridgehead atoms. The molecular weight excluding hydrogens is 394 g/mol. The van der Waals surface area contributed by atoms with Crippen LogP contribution < -0.4 is 4.74 Å². The molecule has 3 rings (SSSR count). The molecule has 1 heterocycles. The number of β-amino-alcohol motifs (C(OH)–C–C–N with tert-alkyl or cyclic N) is 1. The summed E-state index contributed by atoms with van der Waals surface area (Å²) in [5.41, 5.74) is 5.79. The number of ether oxygens (including phenoxy) is 1. The van der Waals surface area contributed by atoms with Gasteiger partial charge in [0, 0.05) is 25.2 Å². The highest BCUT2D eigenvalue weighted by molar-refractivity contribution is 7.80. The molecular formula is C24H33N3O2S. The van der Waals surface area contributed by atoms with Crippen molar-refractivity contribution in [2.24, 2.45) is 4.99 Å². The quantitative estimate of drug-likeness (QED) is 0.280. The fourth-order valence-corrected chi connectivity index (χ4v) is 3.58. The van der Waals surface area contributed by atoms with Gasteiger partial charge in [0.1, 0.15) is 11.7 Å². The molecule has 1 aliphatic heterocycles. The number of aliphatic hydroxyl groups is 1. The first-order valence-corrected chi connectivity index (χ1v) is 10.8. The minimum Gasteiger partial charge on any atom is -0.483 e. The van der Waals surface area contributed by atoms with Crippen LogP contribution >= 0.6 is 12.6 Å². The van der Waals surface area contributed by atoms with E-state index in [2.05, 4.69) is 55.2 Å². The van der Waals surface area contributed by atoms with Crippen molar-refractivity contribution in [2.75, 3.05) is 25.6 Å². The smallest absolute Gasteiger partial charge is 0.151 e. The molecule has 30 heavy (non-hydrogen) atoms. The summed E-state index contributed by atoms with van der Waals surface area (Å²) in [6.07, 6.45) is 1.81. The summed E-state index contributed by atoms with van der Waals surface area (Å²) in [5.74, 6) is 1.56. The summed E-state index contributed by atoms with van der Waals surface area (Å²) >= 11 is 4.10. The Morgan fingerprint density at radius 2 is 1.93 bits per heavy atom. The molecule has 2 aromatic carbocycles. The van der Waals surface area contributed by atoms with Gasteiger partial charge in [-0.3, -0.25) is 5.41 Å². The van der Waals surface area contributed by atoms with Crippen LogP contribution in [0.3, 0.4) is 0 Å². The van der Waals surface area contributed by atoms with E-state index in [-0.39, 0.29) is 11.9 Å². The van der Waals surface area contributed by atoms with Gasteiger partial charge in [-0.1, -0.05) is 35.9 Å². The first kappa shape index (κ1) is 24.1. The Morgan fingerprint density at radius 3 is 2.50 bits per heavy atom. The van der Waals surface area contributed by atoms with E-state index in [1.165, 1.54) is 16.7 Å². The van der Waals surface area contributed by atoms with Crippen molar-refractivity contribution in [1.29, 1.82) is 5.41 Å². The number of hydrogen-bond donors (Lipinski definition) is 3. The lowest BCUT2D eigenvalue weighted by Crippen LogP contribution is -2.24. The maximum absolute atomic E-state index is 9.53. The van der Waals surface area contributed by atoms with Crippen LogP contribution in [0.15, 0.2) is 41.4 Å². The van der Waals surface area contributed by atoms with Crippen molar-refractivity contribution in [3.63, 3.8) is 0 Å². The van der Waals surface area contributed by atoms with Gasteiger partial charge < -0.3 is 14.7 Å². The molecule has 1 fully saturated rings. The van der Waals surface area contributed by atoms with E-state index >= 15 is 0 Å². The number of aliphatic imine (C=N–C) groups is 1. The third-order valence-corrected chi connectivity index (χ3v) is 5.41. The van der Waals surface area contributed by atoms with Gasteiger partial charge in [0.05, 0.1) is 6.10 Å². The monoisotopic (exact) mass is 427 g/mol. The van der Waals surface area contributed by atoms with Gasteiger partial charge in [0.2, 0.25) is 0 Å². The van der Waals surface area contributed by atoms with Crippen LogP contribution in [0.25, 0.3) is 0 Å². The zero-order chi connectivity index (χ0) is 22.1. The fourth-order valence-electron chi connectivity index (χ4n) is 3.44. The summed E-state index contributed by atoms with van der Waals surface area (Å²) in [4.78, 5) is 5.85. The Morgan fingerprint density at radius 1 is 1.23 bits per heavy atom. The van der Waals surface area contributed by atoms with E-state index in [0.717, 1.165) is 49.4 Å². The average Bonchev–Trinajstić information content (AvgIpc) is 3.15. The number of aliphatic hydroxyl groups excluding tert-OH is 1. The van der Waals surface area contributed by atoms with Crippen LogP contribution in [0.5, 0.6) is 5.75 Å². The van der Waals surface area contributed by atoms with Crippen molar-refractivity contribution in [2.45, 2.75) is 39.7 Å². The number of nitrogens with one attached hydrogen (secondary N) is 1. The van der Waals surface area contributed by atoms with Crippen LogP contribution in [0.1, 0.15) is 34.2 Å². The third kappa shape index (κ3) is 7.27. The van der Waals surface area contributed by atoms with Gasteiger partial charge in [0.25, 0.3) is 0 Å². The Kier molecular flexibility index (Phi) is 9.56. The average molecular weight is 428 g/mol. The van der Waals surface area contributed by atoms with E-state index in [1.807, 2.05) is 31.2 Å². The van der Waals surface area contributed by atoms with E-state index in [4.69, 9.17) is 10.1 Å². The number of likely N-dealkylation sites (tertiary alicyclic amines) is 1. The predicted octanol–water partition coefficient (Wildman–Crippen LogP) is 4.20. The lowest BCUT2D eigenvalue weighted by Gasteiger charge is -2.17. The molecule has 0 radical (unpaired) electrons. The number of benzene rings is 2. The largest absolute Gasteiger partial charge is 0.483 e. The Hall–Kier alpha value is -2.15.